The fraction of sp³-hybridized carbons (Fsp3) is 0.636. The zero-order chi connectivity index (χ0) is 13.5. The van der Waals surface area contributed by atoms with Crippen molar-refractivity contribution in [2.24, 2.45) is 0 Å². The predicted octanol–water partition coefficient (Wildman–Crippen LogP) is 2.20. The molecule has 0 heterocycles. The second-order valence-electron chi connectivity index (χ2n) is 4.16. The number of amides is 1. The van der Waals surface area contributed by atoms with E-state index in [-0.39, 0.29) is 18.2 Å². The Morgan fingerprint density at radius 2 is 1.94 bits per heavy atom. The van der Waals surface area contributed by atoms with Gasteiger partial charge in [-0.25, -0.2) is 9.59 Å². The van der Waals surface area contributed by atoms with E-state index in [1.54, 1.807) is 27.7 Å². The standard InChI is InChI=1S/C11H18ClNO4/c1-5-16-9(14)8(12)6-7-13-10(15)17-11(2,3)4/h6H,5,7H2,1-4H3,(H,13,15)/b8-6-. The van der Waals surface area contributed by atoms with Crippen molar-refractivity contribution < 1.29 is 19.1 Å². The van der Waals surface area contributed by atoms with Crippen molar-refractivity contribution in [3.8, 4) is 0 Å². The van der Waals surface area contributed by atoms with Crippen LogP contribution in [0.4, 0.5) is 4.79 Å². The molecule has 0 radical (unpaired) electrons. The summed E-state index contributed by atoms with van der Waals surface area (Å²) in [6.45, 7) is 7.31. The van der Waals surface area contributed by atoms with Crippen LogP contribution in [0.5, 0.6) is 0 Å². The number of halogens is 1. The van der Waals surface area contributed by atoms with Gasteiger partial charge in [0.1, 0.15) is 10.6 Å². The third-order valence-corrected chi connectivity index (χ3v) is 1.71. The summed E-state index contributed by atoms with van der Waals surface area (Å²) in [5, 5.41) is 2.37. The Hall–Kier alpha value is -1.23. The lowest BCUT2D eigenvalue weighted by Crippen LogP contribution is -2.32. The Labute approximate surface area is 106 Å². The minimum absolute atomic E-state index is 0.0668. The Bertz CT molecular complexity index is 307. The monoisotopic (exact) mass is 263 g/mol. The molecule has 0 unspecified atom stereocenters. The van der Waals surface area contributed by atoms with Crippen molar-refractivity contribution in [2.45, 2.75) is 33.3 Å². The van der Waals surface area contributed by atoms with Crippen LogP contribution in [0.2, 0.25) is 0 Å². The highest BCUT2D eigenvalue weighted by Crippen LogP contribution is 2.06. The van der Waals surface area contributed by atoms with Gasteiger partial charge in [0.05, 0.1) is 6.61 Å². The van der Waals surface area contributed by atoms with E-state index in [0.29, 0.717) is 0 Å². The Balaban J connectivity index is 4.01. The molecule has 0 aliphatic rings. The number of ether oxygens (including phenoxy) is 2. The van der Waals surface area contributed by atoms with Gasteiger partial charge in [0.2, 0.25) is 0 Å². The quantitative estimate of drug-likeness (QED) is 0.624. The minimum Gasteiger partial charge on any atom is -0.462 e. The molecule has 0 aliphatic carbocycles. The summed E-state index contributed by atoms with van der Waals surface area (Å²) in [6.07, 6.45) is 0.783. The normalized spacial score (nSPS) is 11.9. The van der Waals surface area contributed by atoms with Crippen molar-refractivity contribution in [2.75, 3.05) is 13.2 Å². The third kappa shape index (κ3) is 8.56. The fourth-order valence-electron chi connectivity index (χ4n) is 0.822. The van der Waals surface area contributed by atoms with Crippen LogP contribution < -0.4 is 5.32 Å². The number of esters is 1. The molecule has 17 heavy (non-hydrogen) atoms. The SMILES string of the molecule is CCOC(=O)/C(Cl)=C/CNC(=O)OC(C)(C)C. The van der Waals surface area contributed by atoms with Crippen LogP contribution in [-0.2, 0) is 14.3 Å². The number of carbonyl (C=O) groups excluding carboxylic acids is 2. The van der Waals surface area contributed by atoms with E-state index in [1.807, 2.05) is 0 Å². The average molecular weight is 264 g/mol. The van der Waals surface area contributed by atoms with Gasteiger partial charge in [-0.05, 0) is 33.8 Å². The van der Waals surface area contributed by atoms with E-state index in [2.05, 4.69) is 10.1 Å². The molecule has 0 bridgehead atoms. The average Bonchev–Trinajstić information content (AvgIpc) is 2.14. The molecule has 0 aromatic rings. The molecule has 0 aromatic carbocycles. The first-order valence-electron chi connectivity index (χ1n) is 5.26. The second kappa shape index (κ2) is 7.17. The van der Waals surface area contributed by atoms with Crippen molar-refractivity contribution in [1.29, 1.82) is 0 Å². The van der Waals surface area contributed by atoms with Gasteiger partial charge >= 0.3 is 12.1 Å². The number of hydrogen-bond acceptors (Lipinski definition) is 4. The van der Waals surface area contributed by atoms with E-state index >= 15 is 0 Å². The van der Waals surface area contributed by atoms with Crippen molar-refractivity contribution in [3.63, 3.8) is 0 Å². The third-order valence-electron chi connectivity index (χ3n) is 1.40. The Kier molecular flexibility index (Phi) is 6.65. The topological polar surface area (TPSA) is 64.6 Å². The molecule has 0 aliphatic heterocycles. The molecular weight excluding hydrogens is 246 g/mol. The highest BCUT2D eigenvalue weighted by Gasteiger charge is 2.15. The van der Waals surface area contributed by atoms with Crippen LogP contribution in [0.3, 0.4) is 0 Å². The van der Waals surface area contributed by atoms with Gasteiger partial charge in [-0.1, -0.05) is 11.6 Å². The van der Waals surface area contributed by atoms with Gasteiger partial charge in [0.15, 0.2) is 0 Å². The summed E-state index contributed by atoms with van der Waals surface area (Å²) < 4.78 is 9.65. The molecule has 0 atom stereocenters. The molecule has 0 saturated heterocycles. The van der Waals surface area contributed by atoms with E-state index < -0.39 is 17.7 Å². The second-order valence-corrected chi connectivity index (χ2v) is 4.56. The van der Waals surface area contributed by atoms with E-state index in [4.69, 9.17) is 16.3 Å². The zero-order valence-corrected chi connectivity index (χ0v) is 11.3. The van der Waals surface area contributed by atoms with Gasteiger partial charge in [-0.2, -0.15) is 0 Å². The fourth-order valence-corrected chi connectivity index (χ4v) is 0.953. The maximum Gasteiger partial charge on any atom is 0.407 e. The molecule has 5 nitrogen and oxygen atoms in total. The van der Waals surface area contributed by atoms with Gasteiger partial charge in [-0.3, -0.25) is 0 Å². The first-order chi connectivity index (χ1) is 7.76. The molecule has 1 N–H and O–H groups in total. The van der Waals surface area contributed by atoms with E-state index in [1.165, 1.54) is 6.08 Å². The summed E-state index contributed by atoms with van der Waals surface area (Å²) in [5.41, 5.74) is -0.557. The van der Waals surface area contributed by atoms with Crippen LogP contribution in [0.25, 0.3) is 0 Å². The van der Waals surface area contributed by atoms with E-state index in [9.17, 15) is 9.59 Å². The van der Waals surface area contributed by atoms with Gasteiger partial charge in [-0.15, -0.1) is 0 Å². The number of hydrogen-bond donors (Lipinski definition) is 1. The molecule has 0 fully saturated rings. The Morgan fingerprint density at radius 3 is 2.41 bits per heavy atom. The highest BCUT2D eigenvalue weighted by atomic mass is 35.5. The number of alkyl carbamates (subject to hydrolysis) is 1. The van der Waals surface area contributed by atoms with E-state index in [0.717, 1.165) is 0 Å². The van der Waals surface area contributed by atoms with Gasteiger partial charge in [0, 0.05) is 6.54 Å². The highest BCUT2D eigenvalue weighted by molar-refractivity contribution is 6.41. The van der Waals surface area contributed by atoms with Crippen molar-refractivity contribution in [3.05, 3.63) is 11.1 Å². The smallest absolute Gasteiger partial charge is 0.407 e. The number of carbonyl (C=O) groups is 2. The van der Waals surface area contributed by atoms with Crippen LogP contribution in [0, 0.1) is 0 Å². The summed E-state index contributed by atoms with van der Waals surface area (Å²) >= 11 is 5.62. The molecule has 0 saturated carbocycles. The maximum absolute atomic E-state index is 11.2. The van der Waals surface area contributed by atoms with Gasteiger partial charge < -0.3 is 14.8 Å². The minimum atomic E-state index is -0.611. The summed E-state index contributed by atoms with van der Waals surface area (Å²) in [5.74, 6) is -0.611. The number of nitrogens with one attached hydrogen (secondary N) is 1. The summed E-state index contributed by atoms with van der Waals surface area (Å²) in [4.78, 5) is 22.3. The van der Waals surface area contributed by atoms with Crippen LogP contribution >= 0.6 is 11.6 Å². The predicted molar refractivity (Wildman–Crippen MR) is 64.8 cm³/mol. The molecule has 0 spiro atoms. The lowest BCUT2D eigenvalue weighted by Gasteiger charge is -2.19. The molecular formula is C11H18ClNO4. The first-order valence-corrected chi connectivity index (χ1v) is 5.63. The van der Waals surface area contributed by atoms with Gasteiger partial charge in [0.25, 0.3) is 0 Å². The molecule has 1 amide bonds. The molecule has 98 valence electrons. The Morgan fingerprint density at radius 1 is 1.35 bits per heavy atom. The largest absolute Gasteiger partial charge is 0.462 e. The molecule has 6 heteroatoms. The molecule has 0 aromatic heterocycles. The van der Waals surface area contributed by atoms with Crippen LogP contribution in [-0.4, -0.2) is 30.8 Å². The maximum atomic E-state index is 11.2. The number of rotatable bonds is 4. The lowest BCUT2D eigenvalue weighted by molar-refractivity contribution is -0.137. The first kappa shape index (κ1) is 15.8. The summed E-state index contributed by atoms with van der Waals surface area (Å²) in [7, 11) is 0. The van der Waals surface area contributed by atoms with Crippen molar-refractivity contribution >= 4 is 23.7 Å². The molecule has 0 rings (SSSR count). The van der Waals surface area contributed by atoms with Crippen LogP contribution in [0.1, 0.15) is 27.7 Å². The summed E-state index contributed by atoms with van der Waals surface area (Å²) in [6, 6.07) is 0. The van der Waals surface area contributed by atoms with Crippen LogP contribution in [0.15, 0.2) is 11.1 Å². The van der Waals surface area contributed by atoms with Crippen molar-refractivity contribution in [1.82, 2.24) is 5.32 Å². The lowest BCUT2D eigenvalue weighted by atomic mass is 10.2. The zero-order valence-electron chi connectivity index (χ0n) is 10.5.